The standard InChI is InChI=1S/C15H16N2O4/c16-8-7-11-3-5-12(6-4-11)17-14(18)10-21-15(19)13-2-1-9-20-13/h3-6,13H,1-2,7,9-10H2,(H,17,18)/t13-/m1/s1. The van der Waals surface area contributed by atoms with Crippen LogP contribution in [0.2, 0.25) is 0 Å². The van der Waals surface area contributed by atoms with Crippen LogP contribution in [0.4, 0.5) is 5.69 Å². The van der Waals surface area contributed by atoms with E-state index in [0.717, 1.165) is 12.0 Å². The van der Waals surface area contributed by atoms with Crippen LogP contribution in [0.15, 0.2) is 24.3 Å². The van der Waals surface area contributed by atoms with Crippen molar-refractivity contribution in [3.05, 3.63) is 29.8 Å². The Hall–Kier alpha value is -2.39. The molecule has 0 unspecified atom stereocenters. The molecule has 1 aromatic rings. The summed E-state index contributed by atoms with van der Waals surface area (Å²) in [4.78, 5) is 23.2. The molecule has 0 aromatic heterocycles. The van der Waals surface area contributed by atoms with Gasteiger partial charge in [-0.2, -0.15) is 5.26 Å². The number of amides is 1. The third-order valence-corrected chi connectivity index (χ3v) is 3.06. The smallest absolute Gasteiger partial charge is 0.335 e. The zero-order valence-corrected chi connectivity index (χ0v) is 11.5. The Morgan fingerprint density at radius 1 is 1.38 bits per heavy atom. The first-order valence-electron chi connectivity index (χ1n) is 6.73. The molecule has 1 heterocycles. The van der Waals surface area contributed by atoms with Crippen molar-refractivity contribution in [1.29, 1.82) is 5.26 Å². The van der Waals surface area contributed by atoms with Crippen molar-refractivity contribution >= 4 is 17.6 Å². The van der Waals surface area contributed by atoms with Gasteiger partial charge in [0.1, 0.15) is 0 Å². The largest absolute Gasteiger partial charge is 0.454 e. The lowest BCUT2D eigenvalue weighted by atomic mass is 10.1. The minimum Gasteiger partial charge on any atom is -0.454 e. The quantitative estimate of drug-likeness (QED) is 0.828. The maximum absolute atomic E-state index is 11.7. The lowest BCUT2D eigenvalue weighted by Crippen LogP contribution is -2.27. The van der Waals surface area contributed by atoms with Crippen molar-refractivity contribution in [2.45, 2.75) is 25.4 Å². The molecular weight excluding hydrogens is 272 g/mol. The van der Waals surface area contributed by atoms with Gasteiger partial charge in [-0.3, -0.25) is 4.79 Å². The Bertz CT molecular complexity index is 542. The molecule has 0 saturated carbocycles. The van der Waals surface area contributed by atoms with Crippen molar-refractivity contribution in [3.63, 3.8) is 0 Å². The fourth-order valence-corrected chi connectivity index (χ4v) is 1.99. The molecule has 110 valence electrons. The Labute approximate surface area is 122 Å². The summed E-state index contributed by atoms with van der Waals surface area (Å²) < 4.78 is 10.1. The number of ether oxygens (including phenoxy) is 2. The van der Waals surface area contributed by atoms with Crippen molar-refractivity contribution in [1.82, 2.24) is 0 Å². The Morgan fingerprint density at radius 3 is 2.76 bits per heavy atom. The number of esters is 1. The number of nitrogens with one attached hydrogen (secondary N) is 1. The number of hydrogen-bond acceptors (Lipinski definition) is 5. The van der Waals surface area contributed by atoms with Gasteiger partial charge in [0.05, 0.1) is 12.5 Å². The maximum atomic E-state index is 11.7. The third-order valence-electron chi connectivity index (χ3n) is 3.06. The summed E-state index contributed by atoms with van der Waals surface area (Å²) in [5.41, 5.74) is 1.47. The molecule has 6 heteroatoms. The molecule has 1 fully saturated rings. The number of anilines is 1. The molecule has 1 atom stereocenters. The van der Waals surface area contributed by atoms with Crippen molar-refractivity contribution in [3.8, 4) is 6.07 Å². The molecule has 2 rings (SSSR count). The summed E-state index contributed by atoms with van der Waals surface area (Å²) in [5, 5.41) is 11.2. The van der Waals surface area contributed by atoms with Crippen LogP contribution in [0.1, 0.15) is 18.4 Å². The molecule has 1 N–H and O–H groups in total. The van der Waals surface area contributed by atoms with Crippen LogP contribution in [-0.2, 0) is 25.5 Å². The second-order valence-corrected chi connectivity index (χ2v) is 4.69. The summed E-state index contributed by atoms with van der Waals surface area (Å²) in [6.07, 6.45) is 1.26. The molecule has 0 aliphatic carbocycles. The highest BCUT2D eigenvalue weighted by atomic mass is 16.6. The molecule has 21 heavy (non-hydrogen) atoms. The predicted molar refractivity (Wildman–Crippen MR) is 74.3 cm³/mol. The van der Waals surface area contributed by atoms with Crippen LogP contribution >= 0.6 is 0 Å². The minimum absolute atomic E-state index is 0.327. The predicted octanol–water partition coefficient (Wildman–Crippen LogP) is 1.41. The van der Waals surface area contributed by atoms with Gasteiger partial charge in [0.25, 0.3) is 5.91 Å². The average Bonchev–Trinajstić information content (AvgIpc) is 3.01. The van der Waals surface area contributed by atoms with Crippen molar-refractivity contribution < 1.29 is 19.1 Å². The van der Waals surface area contributed by atoms with E-state index in [1.54, 1.807) is 24.3 Å². The topological polar surface area (TPSA) is 88.4 Å². The lowest BCUT2D eigenvalue weighted by Gasteiger charge is -2.10. The summed E-state index contributed by atoms with van der Waals surface area (Å²) in [5.74, 6) is -0.901. The number of hydrogen-bond donors (Lipinski definition) is 1. The zero-order valence-electron chi connectivity index (χ0n) is 11.5. The van der Waals surface area contributed by atoms with Gasteiger partial charge in [-0.15, -0.1) is 0 Å². The zero-order chi connectivity index (χ0) is 15.1. The van der Waals surface area contributed by atoms with Crippen LogP contribution < -0.4 is 5.32 Å². The number of carbonyl (C=O) groups is 2. The van der Waals surface area contributed by atoms with E-state index in [1.807, 2.05) is 6.07 Å². The van der Waals surface area contributed by atoms with Gasteiger partial charge in [-0.05, 0) is 30.5 Å². The summed E-state index contributed by atoms with van der Waals surface area (Å²) >= 11 is 0. The Balaban J connectivity index is 1.76. The van der Waals surface area contributed by atoms with Gasteiger partial charge < -0.3 is 14.8 Å². The number of nitriles is 1. The molecule has 1 aliphatic heterocycles. The molecule has 1 aliphatic rings. The number of rotatable bonds is 5. The molecular formula is C15H16N2O4. The van der Waals surface area contributed by atoms with Gasteiger partial charge in [-0.1, -0.05) is 12.1 Å². The van der Waals surface area contributed by atoms with E-state index in [0.29, 0.717) is 25.1 Å². The van der Waals surface area contributed by atoms with E-state index in [9.17, 15) is 9.59 Å². The number of carbonyl (C=O) groups excluding carboxylic acids is 2. The van der Waals surface area contributed by atoms with Crippen LogP contribution in [0.5, 0.6) is 0 Å². The molecule has 1 amide bonds. The van der Waals surface area contributed by atoms with Gasteiger partial charge in [-0.25, -0.2) is 4.79 Å². The van der Waals surface area contributed by atoms with Crippen molar-refractivity contribution in [2.75, 3.05) is 18.5 Å². The van der Waals surface area contributed by atoms with Gasteiger partial charge in [0.2, 0.25) is 0 Å². The molecule has 1 saturated heterocycles. The van der Waals surface area contributed by atoms with E-state index >= 15 is 0 Å². The van der Waals surface area contributed by atoms with Crippen molar-refractivity contribution in [2.24, 2.45) is 0 Å². The maximum Gasteiger partial charge on any atom is 0.335 e. The summed E-state index contributed by atoms with van der Waals surface area (Å²) in [7, 11) is 0. The first kappa shape index (κ1) is 15.0. The summed E-state index contributed by atoms with van der Waals surface area (Å²) in [6, 6.07) is 8.97. The molecule has 6 nitrogen and oxygen atoms in total. The Morgan fingerprint density at radius 2 is 2.14 bits per heavy atom. The van der Waals surface area contributed by atoms with E-state index in [4.69, 9.17) is 14.7 Å². The summed E-state index contributed by atoms with van der Waals surface area (Å²) in [6.45, 7) is 0.222. The first-order chi connectivity index (χ1) is 10.2. The van der Waals surface area contributed by atoms with Gasteiger partial charge in [0.15, 0.2) is 12.7 Å². The third kappa shape index (κ3) is 4.58. The highest BCUT2D eigenvalue weighted by Crippen LogP contribution is 2.13. The molecule has 1 aromatic carbocycles. The highest BCUT2D eigenvalue weighted by Gasteiger charge is 2.25. The molecule has 0 bridgehead atoms. The number of nitrogens with zero attached hydrogens (tertiary/aromatic N) is 1. The monoisotopic (exact) mass is 288 g/mol. The molecule has 0 radical (unpaired) electrons. The van der Waals surface area contributed by atoms with E-state index in [2.05, 4.69) is 5.32 Å². The van der Waals surface area contributed by atoms with E-state index in [1.165, 1.54) is 0 Å². The van der Waals surface area contributed by atoms with Gasteiger partial charge >= 0.3 is 5.97 Å². The van der Waals surface area contributed by atoms with Crippen LogP contribution in [0.25, 0.3) is 0 Å². The Kier molecular flexibility index (Phi) is 5.29. The van der Waals surface area contributed by atoms with Crippen LogP contribution in [0.3, 0.4) is 0 Å². The normalized spacial score (nSPS) is 17.0. The first-order valence-corrected chi connectivity index (χ1v) is 6.73. The SMILES string of the molecule is N#CCc1ccc(NC(=O)COC(=O)[C@H]2CCCO2)cc1. The second-order valence-electron chi connectivity index (χ2n) is 4.69. The second kappa shape index (κ2) is 7.41. The van der Waals surface area contributed by atoms with E-state index in [-0.39, 0.29) is 6.61 Å². The lowest BCUT2D eigenvalue weighted by molar-refractivity contribution is -0.156. The highest BCUT2D eigenvalue weighted by molar-refractivity contribution is 5.93. The minimum atomic E-state index is -0.539. The molecule has 0 spiro atoms. The average molecular weight is 288 g/mol. The fraction of sp³-hybridized carbons (Fsp3) is 0.400. The van der Waals surface area contributed by atoms with Crippen LogP contribution in [0, 0.1) is 11.3 Å². The number of benzene rings is 1. The van der Waals surface area contributed by atoms with Gasteiger partial charge in [0, 0.05) is 12.3 Å². The van der Waals surface area contributed by atoms with E-state index < -0.39 is 18.0 Å². The fourth-order valence-electron chi connectivity index (χ4n) is 1.99. The van der Waals surface area contributed by atoms with Crippen LogP contribution in [-0.4, -0.2) is 31.2 Å².